The Balaban J connectivity index is 1.77. The molecule has 2 saturated heterocycles. The van der Waals surface area contributed by atoms with Crippen LogP contribution in [0.3, 0.4) is 0 Å². The van der Waals surface area contributed by atoms with E-state index in [2.05, 4.69) is 15.1 Å². The first-order valence-corrected chi connectivity index (χ1v) is 12.3. The van der Waals surface area contributed by atoms with Gasteiger partial charge in [-0.2, -0.15) is 4.31 Å². The number of amides is 1. The van der Waals surface area contributed by atoms with Crippen molar-refractivity contribution >= 4 is 15.9 Å². The Bertz CT molecular complexity index is 1060. The molecule has 31 heavy (non-hydrogen) atoms. The summed E-state index contributed by atoms with van der Waals surface area (Å²) in [6.07, 6.45) is 6.83. The highest BCUT2D eigenvalue weighted by molar-refractivity contribution is 7.89. The average Bonchev–Trinajstić information content (AvgIpc) is 3.12. The van der Waals surface area contributed by atoms with E-state index in [1.165, 1.54) is 4.31 Å². The molecule has 2 aromatic rings. The molecule has 2 fully saturated rings. The summed E-state index contributed by atoms with van der Waals surface area (Å²) in [5.41, 5.74) is 1.24. The molecule has 168 valence electrons. The summed E-state index contributed by atoms with van der Waals surface area (Å²) in [5.74, 6) is 0.672. The molecule has 1 atom stereocenters. The normalized spacial score (nSPS) is 20.7. The van der Waals surface area contributed by atoms with Crippen LogP contribution >= 0.6 is 0 Å². The van der Waals surface area contributed by atoms with Gasteiger partial charge in [0, 0.05) is 25.8 Å². The number of aryl methyl sites for hydroxylation is 3. The highest BCUT2D eigenvalue weighted by Crippen LogP contribution is 2.37. The van der Waals surface area contributed by atoms with E-state index < -0.39 is 16.1 Å². The van der Waals surface area contributed by atoms with Crippen molar-refractivity contribution in [3.05, 3.63) is 34.7 Å². The molecule has 0 radical (unpaired) electrons. The summed E-state index contributed by atoms with van der Waals surface area (Å²) in [6.45, 7) is 6.76. The summed E-state index contributed by atoms with van der Waals surface area (Å²) in [5, 5.41) is 3.83. The van der Waals surface area contributed by atoms with E-state index in [-0.39, 0.29) is 16.6 Å². The number of piperidine rings is 2. The van der Waals surface area contributed by atoms with Gasteiger partial charge in [0.1, 0.15) is 16.4 Å². The third-order valence-electron chi connectivity index (χ3n) is 6.12. The fourth-order valence-electron chi connectivity index (χ4n) is 4.60. The Morgan fingerprint density at radius 1 is 1.06 bits per heavy atom. The molecule has 0 aromatic carbocycles. The zero-order valence-corrected chi connectivity index (χ0v) is 19.1. The van der Waals surface area contributed by atoms with Crippen molar-refractivity contribution in [1.82, 2.24) is 24.3 Å². The summed E-state index contributed by atoms with van der Waals surface area (Å²) < 4.78 is 33.9. The Labute approximate surface area is 182 Å². The Kier molecular flexibility index (Phi) is 6.11. The van der Waals surface area contributed by atoms with Gasteiger partial charge in [-0.05, 0) is 52.9 Å². The number of carbonyl (C=O) groups is 1. The Morgan fingerprint density at radius 3 is 2.45 bits per heavy atom. The fourth-order valence-corrected chi connectivity index (χ4v) is 6.56. The molecular formula is C21H29N5O4S. The van der Waals surface area contributed by atoms with Crippen LogP contribution in [-0.2, 0) is 10.0 Å². The molecule has 4 rings (SSSR count). The maximum absolute atomic E-state index is 13.6. The van der Waals surface area contributed by atoms with E-state index >= 15 is 0 Å². The lowest BCUT2D eigenvalue weighted by molar-refractivity contribution is 0.0719. The van der Waals surface area contributed by atoms with Crippen LogP contribution in [-0.4, -0.2) is 58.3 Å². The maximum atomic E-state index is 13.6. The largest absolute Gasteiger partial charge is 0.360 e. The first-order chi connectivity index (χ1) is 14.8. The van der Waals surface area contributed by atoms with Crippen LogP contribution in [0.5, 0.6) is 0 Å². The molecule has 4 heterocycles. The molecule has 2 aliphatic heterocycles. The SMILES string of the molecule is Cc1ncc(C(=O)N2CCCCC2)c(C2CCCCN2S(=O)(=O)c2c(C)noc2C)n1. The standard InChI is InChI=1S/C21H29N5O4S/c1-14-20(15(2)30-24-14)31(28,29)26-12-8-5-9-18(26)19-17(13-22-16(3)23-19)21(27)25-10-6-4-7-11-25/h13,18H,4-12H2,1-3H3. The van der Waals surface area contributed by atoms with Gasteiger partial charge < -0.3 is 9.42 Å². The van der Waals surface area contributed by atoms with Crippen LogP contribution in [0.1, 0.15) is 77.9 Å². The number of hydrogen-bond acceptors (Lipinski definition) is 7. The van der Waals surface area contributed by atoms with Crippen molar-refractivity contribution in [2.45, 2.75) is 70.2 Å². The minimum atomic E-state index is -3.87. The molecule has 0 aliphatic carbocycles. The van der Waals surface area contributed by atoms with E-state index in [0.717, 1.165) is 32.1 Å². The van der Waals surface area contributed by atoms with Gasteiger partial charge in [-0.1, -0.05) is 11.6 Å². The summed E-state index contributed by atoms with van der Waals surface area (Å²) in [7, 11) is -3.87. The van der Waals surface area contributed by atoms with E-state index in [1.54, 1.807) is 27.0 Å². The van der Waals surface area contributed by atoms with Gasteiger partial charge >= 0.3 is 0 Å². The third-order valence-corrected chi connectivity index (χ3v) is 8.27. The summed E-state index contributed by atoms with van der Waals surface area (Å²) >= 11 is 0. The number of likely N-dealkylation sites (tertiary alicyclic amines) is 1. The zero-order valence-electron chi connectivity index (χ0n) is 18.3. The lowest BCUT2D eigenvalue weighted by Gasteiger charge is -2.35. The zero-order chi connectivity index (χ0) is 22.2. The number of sulfonamides is 1. The first-order valence-electron chi connectivity index (χ1n) is 10.9. The van der Waals surface area contributed by atoms with Gasteiger partial charge in [0.2, 0.25) is 10.0 Å². The monoisotopic (exact) mass is 447 g/mol. The molecule has 2 aromatic heterocycles. The van der Waals surface area contributed by atoms with Crippen LogP contribution in [0.4, 0.5) is 0 Å². The van der Waals surface area contributed by atoms with Crippen LogP contribution in [0.15, 0.2) is 15.6 Å². The predicted octanol–water partition coefficient (Wildman–Crippen LogP) is 2.93. The van der Waals surface area contributed by atoms with Crippen LogP contribution in [0.25, 0.3) is 0 Å². The molecule has 0 N–H and O–H groups in total. The van der Waals surface area contributed by atoms with Gasteiger partial charge in [0.15, 0.2) is 5.76 Å². The van der Waals surface area contributed by atoms with Crippen LogP contribution < -0.4 is 0 Å². The second-order valence-electron chi connectivity index (χ2n) is 8.35. The first kappa shape index (κ1) is 21.9. The topological polar surface area (TPSA) is 110 Å². The Hall–Kier alpha value is -2.33. The predicted molar refractivity (Wildman–Crippen MR) is 113 cm³/mol. The van der Waals surface area contributed by atoms with Crippen molar-refractivity contribution in [2.75, 3.05) is 19.6 Å². The van der Waals surface area contributed by atoms with E-state index in [1.807, 2.05) is 4.90 Å². The third kappa shape index (κ3) is 4.10. The molecule has 0 bridgehead atoms. The molecule has 1 unspecified atom stereocenters. The Morgan fingerprint density at radius 2 is 1.77 bits per heavy atom. The maximum Gasteiger partial charge on any atom is 0.257 e. The van der Waals surface area contributed by atoms with Gasteiger partial charge in [0.05, 0.1) is 17.3 Å². The molecule has 1 amide bonds. The van der Waals surface area contributed by atoms with Gasteiger partial charge in [-0.15, -0.1) is 0 Å². The minimum absolute atomic E-state index is 0.106. The van der Waals surface area contributed by atoms with Crippen LogP contribution in [0, 0.1) is 20.8 Å². The molecule has 9 nitrogen and oxygen atoms in total. The second kappa shape index (κ2) is 8.66. The van der Waals surface area contributed by atoms with Gasteiger partial charge in [0.25, 0.3) is 5.91 Å². The number of nitrogens with zero attached hydrogens (tertiary/aromatic N) is 5. The second-order valence-corrected chi connectivity index (χ2v) is 10.2. The molecule has 0 spiro atoms. The average molecular weight is 448 g/mol. The van der Waals surface area contributed by atoms with E-state index in [9.17, 15) is 13.2 Å². The van der Waals surface area contributed by atoms with Crippen molar-refractivity contribution in [1.29, 1.82) is 0 Å². The smallest absolute Gasteiger partial charge is 0.257 e. The minimum Gasteiger partial charge on any atom is -0.360 e. The highest BCUT2D eigenvalue weighted by atomic mass is 32.2. The quantitative estimate of drug-likeness (QED) is 0.709. The van der Waals surface area contributed by atoms with Crippen LogP contribution in [0.2, 0.25) is 0 Å². The molecule has 10 heteroatoms. The van der Waals surface area contributed by atoms with E-state index in [0.29, 0.717) is 48.8 Å². The summed E-state index contributed by atoms with van der Waals surface area (Å²) in [4.78, 5) is 24.1. The highest BCUT2D eigenvalue weighted by Gasteiger charge is 2.40. The van der Waals surface area contributed by atoms with Crippen molar-refractivity contribution in [3.8, 4) is 0 Å². The lowest BCUT2D eigenvalue weighted by atomic mass is 9.97. The number of rotatable bonds is 4. The molecular weight excluding hydrogens is 418 g/mol. The number of aromatic nitrogens is 3. The molecule has 2 aliphatic rings. The fraction of sp³-hybridized carbons (Fsp3) is 0.619. The van der Waals surface area contributed by atoms with Crippen molar-refractivity contribution in [3.63, 3.8) is 0 Å². The summed E-state index contributed by atoms with van der Waals surface area (Å²) in [6, 6.07) is -0.530. The van der Waals surface area contributed by atoms with Crippen molar-refractivity contribution < 1.29 is 17.7 Å². The number of hydrogen-bond donors (Lipinski definition) is 0. The van der Waals surface area contributed by atoms with Crippen molar-refractivity contribution in [2.24, 2.45) is 0 Å². The van der Waals surface area contributed by atoms with Gasteiger partial charge in [-0.25, -0.2) is 18.4 Å². The van der Waals surface area contributed by atoms with E-state index in [4.69, 9.17) is 4.52 Å². The van der Waals surface area contributed by atoms with Gasteiger partial charge in [-0.3, -0.25) is 4.79 Å². The lowest BCUT2D eigenvalue weighted by Crippen LogP contribution is -2.41. The molecule has 0 saturated carbocycles. The number of carbonyl (C=O) groups excluding carboxylic acids is 1.